The molecule has 10 heteroatoms. The van der Waals surface area contributed by atoms with E-state index in [9.17, 15) is 18.0 Å². The van der Waals surface area contributed by atoms with Gasteiger partial charge in [0.25, 0.3) is 5.91 Å². The van der Waals surface area contributed by atoms with Crippen molar-refractivity contribution in [3.63, 3.8) is 0 Å². The van der Waals surface area contributed by atoms with Gasteiger partial charge in [0.15, 0.2) is 0 Å². The van der Waals surface area contributed by atoms with Gasteiger partial charge in [0.2, 0.25) is 10.0 Å². The first-order valence-electron chi connectivity index (χ1n) is 13.7. The normalized spacial score (nSPS) is 16.5. The molecule has 0 atom stereocenters. The Morgan fingerprint density at radius 1 is 0.976 bits per heavy atom. The molecule has 2 heterocycles. The summed E-state index contributed by atoms with van der Waals surface area (Å²) in [5.74, 6) is -0.786. The van der Waals surface area contributed by atoms with E-state index in [2.05, 4.69) is 15.5 Å². The molecule has 3 aromatic rings. The monoisotopic (exact) mass is 574 g/mol. The number of carbonyl (C=O) groups is 2. The van der Waals surface area contributed by atoms with E-state index in [1.807, 2.05) is 42.5 Å². The van der Waals surface area contributed by atoms with Crippen LogP contribution in [0.2, 0.25) is 0 Å². The third-order valence-corrected chi connectivity index (χ3v) is 8.58. The summed E-state index contributed by atoms with van der Waals surface area (Å²) in [5, 5.41) is 6.26. The fraction of sp³-hybridized carbons (Fsp3) is 0.290. The molecule has 0 aromatic heterocycles. The fourth-order valence-electron chi connectivity index (χ4n) is 5.31. The van der Waals surface area contributed by atoms with Crippen LogP contribution in [-0.2, 0) is 19.6 Å². The van der Waals surface area contributed by atoms with Crippen LogP contribution >= 0.6 is 0 Å². The first kappa shape index (κ1) is 28.4. The lowest BCUT2D eigenvalue weighted by atomic mass is 9.99. The van der Waals surface area contributed by atoms with E-state index in [-0.39, 0.29) is 5.91 Å². The zero-order chi connectivity index (χ0) is 29.0. The second-order valence-corrected chi connectivity index (χ2v) is 12.1. The fourth-order valence-corrected chi connectivity index (χ4v) is 6.22. The van der Waals surface area contributed by atoms with Crippen LogP contribution in [0.5, 0.6) is 0 Å². The second-order valence-electron chi connectivity index (χ2n) is 10.2. The lowest BCUT2D eigenvalue weighted by Crippen LogP contribution is -2.40. The smallest absolute Gasteiger partial charge is 0.337 e. The summed E-state index contributed by atoms with van der Waals surface area (Å²) in [6.45, 7) is 3.06. The largest absolute Gasteiger partial charge is 0.465 e. The molecule has 3 aromatic carbocycles. The van der Waals surface area contributed by atoms with Gasteiger partial charge in [-0.1, -0.05) is 42.8 Å². The highest BCUT2D eigenvalue weighted by atomic mass is 32.2. The van der Waals surface area contributed by atoms with Gasteiger partial charge in [0, 0.05) is 24.3 Å². The molecule has 0 bridgehead atoms. The van der Waals surface area contributed by atoms with Crippen molar-refractivity contribution in [2.45, 2.75) is 19.3 Å². The lowest BCUT2D eigenvalue weighted by molar-refractivity contribution is -0.110. The predicted octanol–water partition coefficient (Wildman–Crippen LogP) is 4.66. The summed E-state index contributed by atoms with van der Waals surface area (Å²) in [6.07, 6.45) is 4.75. The first-order valence-corrected chi connectivity index (χ1v) is 15.5. The number of nitrogens with zero attached hydrogens (tertiary/aromatic N) is 2. The second kappa shape index (κ2) is 12.2. The van der Waals surface area contributed by atoms with Crippen LogP contribution in [0.3, 0.4) is 0 Å². The maximum atomic E-state index is 13.2. The average Bonchev–Trinajstić information content (AvgIpc) is 3.31. The Kier molecular flexibility index (Phi) is 8.41. The third-order valence-electron chi connectivity index (χ3n) is 7.39. The van der Waals surface area contributed by atoms with Crippen LogP contribution in [-0.4, -0.2) is 64.7 Å². The zero-order valence-corrected chi connectivity index (χ0v) is 24.0. The molecule has 41 heavy (non-hydrogen) atoms. The van der Waals surface area contributed by atoms with Gasteiger partial charge in [-0.25, -0.2) is 13.2 Å². The van der Waals surface area contributed by atoms with Crippen molar-refractivity contribution in [1.82, 2.24) is 4.90 Å². The number of hydrogen-bond donors (Lipinski definition) is 2. The van der Waals surface area contributed by atoms with Crippen LogP contribution in [0.4, 0.5) is 17.1 Å². The highest BCUT2D eigenvalue weighted by molar-refractivity contribution is 7.92. The minimum Gasteiger partial charge on any atom is -0.465 e. The molecule has 1 amide bonds. The van der Waals surface area contributed by atoms with Crippen molar-refractivity contribution >= 4 is 50.2 Å². The number of methoxy groups -OCH3 is 1. The van der Waals surface area contributed by atoms with Crippen LogP contribution < -0.4 is 14.9 Å². The molecule has 0 spiro atoms. The van der Waals surface area contributed by atoms with Gasteiger partial charge in [0.1, 0.15) is 0 Å². The standard InChI is InChI=1S/C31H34N4O5S/c1-40-31(37)23-11-16-26-27(21-23)33-30(36)28(26)29(22-9-5-3-6-10-22)32-24-12-14-25(15-13-24)35(41(2,38)39)20-19-34-17-7-4-8-18-34/h3,5-6,9-16,21,32H,4,7-8,17-20H2,1-2H3,(H,33,36). The summed E-state index contributed by atoms with van der Waals surface area (Å²) >= 11 is 0. The van der Waals surface area contributed by atoms with Crippen LogP contribution in [0.15, 0.2) is 72.8 Å². The van der Waals surface area contributed by atoms with Crippen molar-refractivity contribution < 1.29 is 22.7 Å². The molecule has 0 saturated carbocycles. The first-order chi connectivity index (χ1) is 19.7. The maximum Gasteiger partial charge on any atom is 0.337 e. The Morgan fingerprint density at radius 3 is 2.34 bits per heavy atom. The van der Waals surface area contributed by atoms with Gasteiger partial charge < -0.3 is 20.3 Å². The zero-order valence-electron chi connectivity index (χ0n) is 23.2. The van der Waals surface area contributed by atoms with Gasteiger partial charge in [-0.3, -0.25) is 9.10 Å². The quantitative estimate of drug-likeness (QED) is 0.283. The molecule has 0 radical (unpaired) electrons. The molecule has 214 valence electrons. The van der Waals surface area contributed by atoms with E-state index in [0.29, 0.717) is 52.5 Å². The number of rotatable bonds is 9. The summed E-state index contributed by atoms with van der Waals surface area (Å²) in [6, 6.07) is 21.6. The number of benzene rings is 3. The molecular weight excluding hydrogens is 540 g/mol. The van der Waals surface area contributed by atoms with Crippen LogP contribution in [0.1, 0.15) is 40.7 Å². The highest BCUT2D eigenvalue weighted by Gasteiger charge is 2.29. The molecule has 5 rings (SSSR count). The molecule has 2 aliphatic rings. The number of sulfonamides is 1. The average molecular weight is 575 g/mol. The van der Waals surface area contributed by atoms with Crippen molar-refractivity contribution in [2.24, 2.45) is 0 Å². The van der Waals surface area contributed by atoms with Gasteiger partial charge >= 0.3 is 5.97 Å². The molecule has 1 fully saturated rings. The number of anilines is 3. The lowest BCUT2D eigenvalue weighted by Gasteiger charge is -2.30. The van der Waals surface area contributed by atoms with E-state index in [1.165, 1.54) is 24.1 Å². The molecule has 0 unspecified atom stereocenters. The Hall–Kier alpha value is -4.15. The number of likely N-dealkylation sites (tertiary alicyclic amines) is 1. The van der Waals surface area contributed by atoms with Gasteiger partial charge in [-0.2, -0.15) is 0 Å². The summed E-state index contributed by atoms with van der Waals surface area (Å²) in [4.78, 5) is 27.6. The van der Waals surface area contributed by atoms with E-state index >= 15 is 0 Å². The number of amides is 1. The minimum absolute atomic E-state index is 0.300. The highest BCUT2D eigenvalue weighted by Crippen LogP contribution is 2.38. The minimum atomic E-state index is -3.47. The SMILES string of the molecule is COC(=O)c1ccc2c(c1)NC(=O)C2=C(Nc1ccc(N(CCN2CCCCC2)S(C)(=O)=O)cc1)c1ccccc1. The Bertz CT molecular complexity index is 1560. The van der Waals surface area contributed by atoms with E-state index in [4.69, 9.17) is 4.74 Å². The summed E-state index contributed by atoms with van der Waals surface area (Å²) in [5.41, 5.74) is 4.62. The molecule has 2 N–H and O–H groups in total. The number of carbonyl (C=O) groups excluding carboxylic acids is 2. The number of nitrogens with one attached hydrogen (secondary N) is 2. The number of esters is 1. The van der Waals surface area contributed by atoms with Crippen molar-refractivity contribution in [3.8, 4) is 0 Å². The molecule has 1 saturated heterocycles. The van der Waals surface area contributed by atoms with Gasteiger partial charge in [-0.05, 0) is 67.9 Å². The number of piperidine rings is 1. The van der Waals surface area contributed by atoms with Crippen molar-refractivity contribution in [3.05, 3.63) is 89.5 Å². The summed E-state index contributed by atoms with van der Waals surface area (Å²) < 4.78 is 31.6. The number of fused-ring (bicyclic) bond motifs is 1. The number of hydrogen-bond acceptors (Lipinski definition) is 7. The van der Waals surface area contributed by atoms with E-state index in [1.54, 1.807) is 30.3 Å². The number of ether oxygens (including phenoxy) is 1. The van der Waals surface area contributed by atoms with Gasteiger partial charge in [-0.15, -0.1) is 0 Å². The molecule has 9 nitrogen and oxygen atoms in total. The maximum absolute atomic E-state index is 13.2. The molecule has 2 aliphatic heterocycles. The summed E-state index contributed by atoms with van der Waals surface area (Å²) in [7, 11) is -2.16. The van der Waals surface area contributed by atoms with Crippen LogP contribution in [0.25, 0.3) is 11.3 Å². The van der Waals surface area contributed by atoms with Gasteiger partial charge in [0.05, 0.1) is 41.6 Å². The Labute approximate surface area is 240 Å². The molecular formula is C31H34N4O5S. The Balaban J connectivity index is 1.45. The van der Waals surface area contributed by atoms with Crippen molar-refractivity contribution in [1.29, 1.82) is 0 Å². The predicted molar refractivity (Wildman–Crippen MR) is 162 cm³/mol. The van der Waals surface area contributed by atoms with Crippen molar-refractivity contribution in [2.75, 3.05) is 54.5 Å². The van der Waals surface area contributed by atoms with Crippen LogP contribution in [0, 0.1) is 0 Å². The third kappa shape index (κ3) is 6.44. The molecule has 0 aliphatic carbocycles. The Morgan fingerprint density at radius 2 is 1.68 bits per heavy atom. The van der Waals surface area contributed by atoms with E-state index in [0.717, 1.165) is 31.5 Å². The topological polar surface area (TPSA) is 108 Å². The van der Waals surface area contributed by atoms with E-state index < -0.39 is 16.0 Å².